The van der Waals surface area contributed by atoms with E-state index in [1.807, 2.05) is 84.9 Å². The van der Waals surface area contributed by atoms with E-state index < -0.39 is 0 Å². The number of hydrogen-bond donors (Lipinski definition) is 1. The van der Waals surface area contributed by atoms with Gasteiger partial charge in [-0.15, -0.1) is 22.7 Å². The minimum absolute atomic E-state index is 0. The van der Waals surface area contributed by atoms with Gasteiger partial charge in [0, 0.05) is 43.7 Å². The molecule has 216 valence electrons. The summed E-state index contributed by atoms with van der Waals surface area (Å²) >= 11 is 3.34. The molecule has 2 aromatic heterocycles. The Bertz CT molecular complexity index is 1830. The van der Waals surface area contributed by atoms with E-state index >= 15 is 0 Å². The second kappa shape index (κ2) is 15.3. The van der Waals surface area contributed by atoms with Crippen molar-refractivity contribution in [2.45, 2.75) is 6.61 Å². The van der Waals surface area contributed by atoms with Gasteiger partial charge in [-0.05, 0) is 29.8 Å². The van der Waals surface area contributed by atoms with Crippen LogP contribution in [0.1, 0.15) is 5.56 Å². The van der Waals surface area contributed by atoms with E-state index in [4.69, 9.17) is 9.72 Å². The van der Waals surface area contributed by atoms with Crippen LogP contribution in [-0.4, -0.2) is 26.0 Å². The summed E-state index contributed by atoms with van der Waals surface area (Å²) < 4.78 is 8.15. The number of hydrogen-bond acceptors (Lipinski definition) is 6. The molecule has 2 heterocycles. The fourth-order valence-corrected chi connectivity index (χ4v) is 5.97. The summed E-state index contributed by atoms with van der Waals surface area (Å²) in [6.45, 7) is 0.571. The standard InChI is InChI=1S/C20H15NOS.C13H9NOS.2H2O.Pd/c1-3-7-15(8-4-1)14-22-17-11-12-19-18(13-17)21-20(23-19)16-9-5-2-6-10-16;15-10-6-7-12-11(8-10)14-13(16-12)9-4-2-1-3-5-9;;;/h1-13H,14H2;1-8,15H;2*1H2;. The second-order valence-electron chi connectivity index (χ2n) is 8.83. The zero-order valence-corrected chi connectivity index (χ0v) is 25.4. The van der Waals surface area contributed by atoms with Crippen molar-refractivity contribution in [2.24, 2.45) is 0 Å². The fourth-order valence-electron chi connectivity index (χ4n) is 4.06. The third kappa shape index (κ3) is 7.87. The minimum atomic E-state index is 0. The van der Waals surface area contributed by atoms with E-state index in [0.717, 1.165) is 48.2 Å². The maximum Gasteiger partial charge on any atom is 0.124 e. The predicted molar refractivity (Wildman–Crippen MR) is 170 cm³/mol. The molecule has 7 rings (SSSR count). The summed E-state index contributed by atoms with van der Waals surface area (Å²) in [5.74, 6) is 1.11. The van der Waals surface area contributed by atoms with Crippen LogP contribution in [0.2, 0.25) is 0 Å². The molecular formula is C33H28N2O4PdS2. The number of aromatic nitrogens is 2. The van der Waals surface area contributed by atoms with Gasteiger partial charge in [0.15, 0.2) is 0 Å². The van der Waals surface area contributed by atoms with Crippen molar-refractivity contribution >= 4 is 43.1 Å². The molecule has 7 aromatic rings. The maximum atomic E-state index is 9.37. The molecule has 0 fully saturated rings. The molecule has 0 aliphatic carbocycles. The van der Waals surface area contributed by atoms with Gasteiger partial charge in [-0.2, -0.15) is 0 Å². The molecule has 5 N–H and O–H groups in total. The van der Waals surface area contributed by atoms with Gasteiger partial charge in [0.05, 0.1) is 20.4 Å². The molecule has 6 nitrogen and oxygen atoms in total. The Hall–Kier alpha value is -3.94. The van der Waals surface area contributed by atoms with E-state index in [0.29, 0.717) is 6.61 Å². The van der Waals surface area contributed by atoms with Crippen LogP contribution in [-0.2, 0) is 27.0 Å². The molecular weight excluding hydrogens is 659 g/mol. The third-order valence-corrected chi connectivity index (χ3v) is 8.19. The third-order valence-electron chi connectivity index (χ3n) is 6.02. The Morgan fingerprint density at radius 1 is 0.571 bits per heavy atom. The molecule has 0 aliphatic rings. The number of aromatic hydroxyl groups is 1. The first-order valence-electron chi connectivity index (χ1n) is 12.5. The summed E-state index contributed by atoms with van der Waals surface area (Å²) in [5, 5.41) is 11.4. The molecule has 0 amide bonds. The Balaban J connectivity index is 0.000000227. The number of nitrogens with zero attached hydrogens (tertiary/aromatic N) is 2. The molecule has 0 bridgehead atoms. The molecule has 0 radical (unpaired) electrons. The number of phenols is 1. The van der Waals surface area contributed by atoms with Gasteiger partial charge in [-0.3, -0.25) is 0 Å². The van der Waals surface area contributed by atoms with E-state index in [2.05, 4.69) is 35.3 Å². The van der Waals surface area contributed by atoms with E-state index in [1.165, 1.54) is 4.70 Å². The van der Waals surface area contributed by atoms with Crippen molar-refractivity contribution in [1.29, 1.82) is 0 Å². The topological polar surface area (TPSA) is 118 Å². The van der Waals surface area contributed by atoms with Crippen LogP contribution in [0.4, 0.5) is 0 Å². The number of fused-ring (bicyclic) bond motifs is 2. The normalized spacial score (nSPS) is 10.0. The summed E-state index contributed by atoms with van der Waals surface area (Å²) in [6.07, 6.45) is 0. The number of phenolic OH excluding ortho intramolecular Hbond substituents is 1. The van der Waals surface area contributed by atoms with Crippen molar-refractivity contribution in [2.75, 3.05) is 0 Å². The Kier molecular flexibility index (Phi) is 11.9. The zero-order chi connectivity index (χ0) is 26.4. The summed E-state index contributed by atoms with van der Waals surface area (Å²) in [4.78, 5) is 9.24. The average Bonchev–Trinajstić information content (AvgIpc) is 3.62. The maximum absolute atomic E-state index is 9.37. The van der Waals surface area contributed by atoms with E-state index in [-0.39, 0.29) is 37.1 Å². The molecule has 0 atom stereocenters. The molecule has 0 saturated carbocycles. The number of thiazole rings is 2. The van der Waals surface area contributed by atoms with Crippen molar-refractivity contribution in [3.63, 3.8) is 0 Å². The first-order chi connectivity index (χ1) is 19.2. The van der Waals surface area contributed by atoms with Gasteiger partial charge >= 0.3 is 0 Å². The molecule has 0 saturated heterocycles. The van der Waals surface area contributed by atoms with Crippen molar-refractivity contribution < 1.29 is 41.2 Å². The van der Waals surface area contributed by atoms with Crippen LogP contribution in [0.25, 0.3) is 41.6 Å². The summed E-state index contributed by atoms with van der Waals surface area (Å²) in [6, 6.07) is 41.9. The van der Waals surface area contributed by atoms with Crippen molar-refractivity contribution in [3.8, 4) is 32.6 Å². The average molecular weight is 687 g/mol. The molecule has 42 heavy (non-hydrogen) atoms. The quantitative estimate of drug-likeness (QED) is 0.188. The van der Waals surface area contributed by atoms with Crippen LogP contribution in [0, 0.1) is 0 Å². The van der Waals surface area contributed by atoms with Crippen LogP contribution in [0.5, 0.6) is 11.5 Å². The molecule has 5 aromatic carbocycles. The van der Waals surface area contributed by atoms with Gasteiger partial charge in [-0.1, -0.05) is 91.0 Å². The summed E-state index contributed by atoms with van der Waals surface area (Å²) in [7, 11) is 0. The van der Waals surface area contributed by atoms with Crippen molar-refractivity contribution in [1.82, 2.24) is 9.97 Å². The number of benzene rings is 5. The molecule has 0 spiro atoms. The Morgan fingerprint density at radius 3 is 1.60 bits per heavy atom. The Morgan fingerprint density at radius 2 is 1.05 bits per heavy atom. The largest absolute Gasteiger partial charge is 0.508 e. The molecule has 0 aliphatic heterocycles. The van der Waals surface area contributed by atoms with Gasteiger partial charge in [-0.25, -0.2) is 9.97 Å². The number of ether oxygens (including phenoxy) is 1. The molecule has 0 unspecified atom stereocenters. The monoisotopic (exact) mass is 686 g/mol. The van der Waals surface area contributed by atoms with Crippen LogP contribution >= 0.6 is 22.7 Å². The SMILES string of the molecule is O.O.Oc1ccc2sc(-c3ccccc3)nc2c1.[Pd].c1ccc(COc2ccc3sc(-c4ccccc4)nc3c2)cc1. The summed E-state index contributed by atoms with van der Waals surface area (Å²) in [5.41, 5.74) is 5.27. The first-order valence-corrected chi connectivity index (χ1v) is 14.1. The van der Waals surface area contributed by atoms with Gasteiger partial charge < -0.3 is 20.8 Å². The van der Waals surface area contributed by atoms with E-state index in [9.17, 15) is 5.11 Å². The van der Waals surface area contributed by atoms with Gasteiger partial charge in [0.25, 0.3) is 0 Å². The van der Waals surface area contributed by atoms with E-state index in [1.54, 1.807) is 34.8 Å². The molecule has 9 heteroatoms. The zero-order valence-electron chi connectivity index (χ0n) is 22.2. The Labute approximate surface area is 265 Å². The van der Waals surface area contributed by atoms with Crippen LogP contribution < -0.4 is 4.74 Å². The second-order valence-corrected chi connectivity index (χ2v) is 10.9. The minimum Gasteiger partial charge on any atom is -0.508 e. The van der Waals surface area contributed by atoms with Gasteiger partial charge in [0.1, 0.15) is 28.1 Å². The number of rotatable bonds is 5. The van der Waals surface area contributed by atoms with Crippen LogP contribution in [0.3, 0.4) is 0 Å². The first kappa shape index (κ1) is 32.6. The van der Waals surface area contributed by atoms with Crippen LogP contribution in [0.15, 0.2) is 127 Å². The predicted octanol–water partition coefficient (Wildman–Crippen LogP) is 7.56. The fraction of sp³-hybridized carbons (Fsp3) is 0.0303. The van der Waals surface area contributed by atoms with Gasteiger partial charge in [0.2, 0.25) is 0 Å². The van der Waals surface area contributed by atoms with Crippen molar-refractivity contribution in [3.05, 3.63) is 133 Å². The smallest absolute Gasteiger partial charge is 0.124 e.